The first kappa shape index (κ1) is 20.8. The molecule has 30 heavy (non-hydrogen) atoms. The fourth-order valence-electron chi connectivity index (χ4n) is 3.43. The SMILES string of the molecule is C=Cc1c(O)cccc1-c1c(N)c(C(=O)OC)cc2c1c(C#N)cn2CC(F)(F)F. The molecule has 0 amide bonds. The number of benzene rings is 2. The molecule has 0 radical (unpaired) electrons. The summed E-state index contributed by atoms with van der Waals surface area (Å²) < 4.78 is 44.9. The Bertz CT molecular complexity index is 1220. The summed E-state index contributed by atoms with van der Waals surface area (Å²) in [6.45, 7) is 2.27. The van der Waals surface area contributed by atoms with Crippen LogP contribution in [-0.2, 0) is 11.3 Å². The zero-order chi connectivity index (χ0) is 22.2. The summed E-state index contributed by atoms with van der Waals surface area (Å²) in [6.07, 6.45) is -2.17. The summed E-state index contributed by atoms with van der Waals surface area (Å²) in [5, 5.41) is 19.9. The number of phenols is 1. The molecule has 2 aromatic carbocycles. The highest BCUT2D eigenvalue weighted by molar-refractivity contribution is 6.12. The van der Waals surface area contributed by atoms with Gasteiger partial charge >= 0.3 is 12.1 Å². The summed E-state index contributed by atoms with van der Waals surface area (Å²) in [4.78, 5) is 12.3. The molecule has 0 saturated heterocycles. The zero-order valence-electron chi connectivity index (χ0n) is 15.7. The number of esters is 1. The van der Waals surface area contributed by atoms with Crippen LogP contribution in [0, 0.1) is 11.3 Å². The van der Waals surface area contributed by atoms with Crippen molar-refractivity contribution >= 4 is 28.6 Å². The number of anilines is 1. The van der Waals surface area contributed by atoms with Crippen LogP contribution in [0.3, 0.4) is 0 Å². The van der Waals surface area contributed by atoms with Gasteiger partial charge in [0, 0.05) is 22.7 Å². The number of hydrogen-bond donors (Lipinski definition) is 2. The van der Waals surface area contributed by atoms with E-state index in [1.54, 1.807) is 6.07 Å². The van der Waals surface area contributed by atoms with Gasteiger partial charge in [0.25, 0.3) is 0 Å². The molecule has 0 aliphatic rings. The molecule has 0 spiro atoms. The van der Waals surface area contributed by atoms with Crippen molar-refractivity contribution < 1.29 is 27.8 Å². The van der Waals surface area contributed by atoms with E-state index in [-0.39, 0.29) is 44.6 Å². The molecule has 0 fully saturated rings. The average Bonchev–Trinajstić information content (AvgIpc) is 3.02. The number of aromatic nitrogens is 1. The van der Waals surface area contributed by atoms with Gasteiger partial charge < -0.3 is 20.1 Å². The van der Waals surface area contributed by atoms with Gasteiger partial charge in [0.05, 0.1) is 29.4 Å². The highest BCUT2D eigenvalue weighted by atomic mass is 19.4. The van der Waals surface area contributed by atoms with E-state index in [1.807, 2.05) is 6.07 Å². The normalized spacial score (nSPS) is 11.3. The molecule has 154 valence electrons. The van der Waals surface area contributed by atoms with Crippen LogP contribution in [0.1, 0.15) is 21.5 Å². The second kappa shape index (κ2) is 7.48. The summed E-state index contributed by atoms with van der Waals surface area (Å²) in [7, 11) is 1.12. The van der Waals surface area contributed by atoms with Crippen molar-refractivity contribution in [2.45, 2.75) is 12.7 Å². The Morgan fingerprint density at radius 3 is 2.70 bits per heavy atom. The van der Waals surface area contributed by atoms with Crippen LogP contribution in [0.2, 0.25) is 0 Å². The minimum atomic E-state index is -4.57. The molecule has 0 atom stereocenters. The number of aromatic hydroxyl groups is 1. The topological polar surface area (TPSA) is 101 Å². The van der Waals surface area contributed by atoms with E-state index in [0.717, 1.165) is 17.9 Å². The minimum Gasteiger partial charge on any atom is -0.507 e. The standard InChI is InChI=1S/C21H16F3N3O3/c1-3-12-13(5-4-6-16(12)28)18-17-11(8-25)9-27(10-21(22,23)24)15(17)7-14(19(18)26)20(29)30-2/h3-7,9,28H,1,10,26H2,2H3. The Morgan fingerprint density at radius 1 is 1.43 bits per heavy atom. The second-order valence-corrected chi connectivity index (χ2v) is 6.44. The number of phenolic OH excluding ortho intramolecular Hbond substituents is 1. The molecule has 3 N–H and O–H groups in total. The largest absolute Gasteiger partial charge is 0.507 e. The number of nitriles is 1. The molecule has 0 unspecified atom stereocenters. The van der Waals surface area contributed by atoms with Gasteiger partial charge in [-0.25, -0.2) is 4.79 Å². The van der Waals surface area contributed by atoms with Gasteiger partial charge in [0.2, 0.25) is 0 Å². The van der Waals surface area contributed by atoms with Gasteiger partial charge in [-0.05, 0) is 17.7 Å². The summed E-state index contributed by atoms with van der Waals surface area (Å²) in [5.74, 6) is -0.999. The molecule has 9 heteroatoms. The number of halogens is 3. The van der Waals surface area contributed by atoms with Gasteiger partial charge in [-0.3, -0.25) is 0 Å². The maximum absolute atomic E-state index is 13.1. The zero-order valence-corrected chi connectivity index (χ0v) is 15.7. The number of rotatable bonds is 4. The number of nitrogens with zero attached hydrogens (tertiary/aromatic N) is 2. The average molecular weight is 415 g/mol. The highest BCUT2D eigenvalue weighted by Gasteiger charge is 2.31. The van der Waals surface area contributed by atoms with E-state index in [9.17, 15) is 28.3 Å². The maximum atomic E-state index is 13.1. The molecule has 3 rings (SSSR count). The van der Waals surface area contributed by atoms with Gasteiger partial charge in [-0.15, -0.1) is 0 Å². The maximum Gasteiger partial charge on any atom is 0.406 e. The molecular weight excluding hydrogens is 399 g/mol. The van der Waals surface area contributed by atoms with Gasteiger partial charge in [0.1, 0.15) is 18.4 Å². The Kier molecular flexibility index (Phi) is 5.18. The summed E-state index contributed by atoms with van der Waals surface area (Å²) >= 11 is 0. The Hall–Kier alpha value is -3.93. The van der Waals surface area contributed by atoms with Crippen molar-refractivity contribution in [3.05, 3.63) is 53.7 Å². The lowest BCUT2D eigenvalue weighted by atomic mass is 9.91. The van der Waals surface area contributed by atoms with Gasteiger partial charge in [-0.1, -0.05) is 24.8 Å². The van der Waals surface area contributed by atoms with Crippen molar-refractivity contribution in [3.63, 3.8) is 0 Å². The van der Waals surface area contributed by atoms with Crippen molar-refractivity contribution in [1.29, 1.82) is 5.26 Å². The third kappa shape index (κ3) is 3.43. The fourth-order valence-corrected chi connectivity index (χ4v) is 3.43. The number of alkyl halides is 3. The molecule has 0 saturated carbocycles. The number of ether oxygens (including phenoxy) is 1. The van der Waals surface area contributed by atoms with Gasteiger partial charge in [0.15, 0.2) is 0 Å². The predicted octanol–water partition coefficient (Wildman–Crippen LogP) is 4.46. The first-order chi connectivity index (χ1) is 14.1. The molecule has 3 aromatic rings. The van der Waals surface area contributed by atoms with Crippen molar-refractivity contribution in [2.75, 3.05) is 12.8 Å². The fraction of sp³-hybridized carbons (Fsp3) is 0.143. The van der Waals surface area contributed by atoms with Crippen molar-refractivity contribution in [1.82, 2.24) is 4.57 Å². The molecule has 0 aliphatic carbocycles. The number of hydrogen-bond acceptors (Lipinski definition) is 5. The number of carbonyl (C=O) groups is 1. The van der Waals surface area contributed by atoms with Crippen LogP contribution in [-0.4, -0.2) is 28.9 Å². The lowest BCUT2D eigenvalue weighted by Gasteiger charge is -2.16. The van der Waals surface area contributed by atoms with E-state index in [4.69, 9.17) is 10.5 Å². The lowest BCUT2D eigenvalue weighted by molar-refractivity contribution is -0.139. The molecule has 0 aliphatic heterocycles. The quantitative estimate of drug-likeness (QED) is 0.484. The number of nitrogen functional groups attached to an aromatic ring is 1. The molecule has 1 heterocycles. The Morgan fingerprint density at radius 2 is 2.13 bits per heavy atom. The highest BCUT2D eigenvalue weighted by Crippen LogP contribution is 2.43. The van der Waals surface area contributed by atoms with Crippen LogP contribution >= 0.6 is 0 Å². The van der Waals surface area contributed by atoms with Gasteiger partial charge in [-0.2, -0.15) is 18.4 Å². The number of carbonyl (C=O) groups excluding carboxylic acids is 1. The van der Waals surface area contributed by atoms with E-state index in [2.05, 4.69) is 6.58 Å². The number of methoxy groups -OCH3 is 1. The monoisotopic (exact) mass is 415 g/mol. The predicted molar refractivity (Wildman–Crippen MR) is 106 cm³/mol. The minimum absolute atomic E-state index is 0.0215. The number of nitrogens with two attached hydrogens (primary N) is 1. The molecule has 6 nitrogen and oxygen atoms in total. The summed E-state index contributed by atoms with van der Waals surface area (Å²) in [5.41, 5.74) is 6.58. The Balaban J connectivity index is 2.54. The smallest absolute Gasteiger partial charge is 0.406 e. The molecule has 0 bridgehead atoms. The second-order valence-electron chi connectivity index (χ2n) is 6.44. The van der Waals surface area contributed by atoms with E-state index >= 15 is 0 Å². The Labute approximate surface area is 169 Å². The van der Waals surface area contributed by atoms with Crippen LogP contribution in [0.5, 0.6) is 5.75 Å². The van der Waals surface area contributed by atoms with Crippen LogP contribution in [0.25, 0.3) is 28.1 Å². The van der Waals surface area contributed by atoms with E-state index in [0.29, 0.717) is 5.56 Å². The summed E-state index contributed by atoms with van der Waals surface area (Å²) in [6, 6.07) is 7.52. The third-order valence-corrected chi connectivity index (χ3v) is 4.64. The molecular formula is C21H16F3N3O3. The molecule has 1 aromatic heterocycles. The van der Waals surface area contributed by atoms with E-state index in [1.165, 1.54) is 24.3 Å². The number of fused-ring (bicyclic) bond motifs is 1. The van der Waals surface area contributed by atoms with Crippen molar-refractivity contribution in [3.8, 4) is 22.9 Å². The van der Waals surface area contributed by atoms with Crippen LogP contribution in [0.4, 0.5) is 18.9 Å². The first-order valence-electron chi connectivity index (χ1n) is 8.58. The van der Waals surface area contributed by atoms with Crippen LogP contribution in [0.15, 0.2) is 37.0 Å². The van der Waals surface area contributed by atoms with Crippen LogP contribution < -0.4 is 5.73 Å². The van der Waals surface area contributed by atoms with Crippen molar-refractivity contribution in [2.24, 2.45) is 0 Å². The van der Waals surface area contributed by atoms with E-state index < -0.39 is 18.7 Å². The first-order valence-corrected chi connectivity index (χ1v) is 8.58. The lowest BCUT2D eigenvalue weighted by Crippen LogP contribution is -2.17. The third-order valence-electron chi connectivity index (χ3n) is 4.64.